The molecule has 2 nitrogen and oxygen atoms in total. The molecule has 1 radical (unpaired) electrons. The van der Waals surface area contributed by atoms with Crippen LogP contribution in [0.4, 0.5) is 13.2 Å². The predicted octanol–water partition coefficient (Wildman–Crippen LogP) is 6.21. The Hall–Kier alpha value is 1.16. The SMILES string of the molecule is COCC[C@@H](C)C1CCC2C1(C)CCC1C3CCC(C(F)(F)F)CC3CCS12C.O.[Y]. The second-order valence-electron chi connectivity index (χ2n) is 11.2. The van der Waals surface area contributed by atoms with Gasteiger partial charge in [-0.2, -0.15) is 13.2 Å². The minimum Gasteiger partial charge on any atom is -0.412 e. The summed E-state index contributed by atoms with van der Waals surface area (Å²) in [6.45, 7) is 5.87. The van der Waals surface area contributed by atoms with Crippen LogP contribution < -0.4 is 0 Å². The van der Waals surface area contributed by atoms with E-state index in [9.17, 15) is 13.2 Å². The van der Waals surface area contributed by atoms with Crippen molar-refractivity contribution in [2.24, 2.45) is 35.0 Å². The maximum atomic E-state index is 13.3. The first-order valence-electron chi connectivity index (χ1n) is 11.9. The van der Waals surface area contributed by atoms with E-state index < -0.39 is 22.1 Å². The van der Waals surface area contributed by atoms with Gasteiger partial charge in [0.25, 0.3) is 0 Å². The van der Waals surface area contributed by atoms with Crippen LogP contribution in [0.2, 0.25) is 0 Å². The van der Waals surface area contributed by atoms with E-state index in [0.29, 0.717) is 36.0 Å². The molecule has 2 saturated carbocycles. The van der Waals surface area contributed by atoms with Crippen molar-refractivity contribution in [1.29, 1.82) is 0 Å². The monoisotopic (exact) mass is 541 g/mol. The third-order valence-electron chi connectivity index (χ3n) is 10.0. The van der Waals surface area contributed by atoms with E-state index in [2.05, 4.69) is 20.1 Å². The fourth-order valence-electron chi connectivity index (χ4n) is 8.55. The minimum atomic E-state index is -3.99. The molecule has 0 amide bonds. The van der Waals surface area contributed by atoms with Crippen LogP contribution in [-0.4, -0.2) is 47.9 Å². The maximum Gasteiger partial charge on any atom is 0.391 e. The van der Waals surface area contributed by atoms with Gasteiger partial charge < -0.3 is 10.2 Å². The molecule has 0 bridgehead atoms. The Kier molecular flexibility index (Phi) is 9.55. The molecule has 2 heterocycles. The number of halogens is 3. The van der Waals surface area contributed by atoms with E-state index >= 15 is 0 Å². The molecule has 0 aromatic rings. The van der Waals surface area contributed by atoms with Crippen molar-refractivity contribution >= 4 is 10.0 Å². The van der Waals surface area contributed by atoms with Crippen molar-refractivity contribution in [3.05, 3.63) is 0 Å². The van der Waals surface area contributed by atoms with Crippen LogP contribution in [0, 0.1) is 35.0 Å². The molecule has 8 unspecified atom stereocenters. The number of hydrogen-bond donors (Lipinski definition) is 0. The van der Waals surface area contributed by atoms with Crippen molar-refractivity contribution < 1.29 is 56.1 Å². The molecule has 2 N–H and O–H groups in total. The van der Waals surface area contributed by atoms with Crippen molar-refractivity contribution in [2.45, 2.75) is 88.3 Å². The van der Waals surface area contributed by atoms with Gasteiger partial charge >= 0.3 is 6.18 Å². The van der Waals surface area contributed by atoms with Gasteiger partial charge in [-0.05, 0) is 109 Å². The quantitative estimate of drug-likeness (QED) is 0.417. The average Bonchev–Trinajstić information content (AvgIpc) is 3.03. The summed E-state index contributed by atoms with van der Waals surface area (Å²) in [5.41, 5.74) is 0.448. The Morgan fingerprint density at radius 3 is 2.45 bits per heavy atom. The van der Waals surface area contributed by atoms with Crippen molar-refractivity contribution in [3.8, 4) is 0 Å². The Morgan fingerprint density at radius 2 is 1.81 bits per heavy atom. The minimum absolute atomic E-state index is 0. The fourth-order valence-corrected chi connectivity index (χ4v) is 14.4. The van der Waals surface area contributed by atoms with Crippen LogP contribution in [-0.2, 0) is 37.4 Å². The molecule has 0 spiro atoms. The second kappa shape index (κ2) is 10.4. The van der Waals surface area contributed by atoms with Gasteiger partial charge in [-0.25, -0.2) is 10.0 Å². The zero-order chi connectivity index (χ0) is 21.0. The summed E-state index contributed by atoms with van der Waals surface area (Å²) in [6, 6.07) is 0. The summed E-state index contributed by atoms with van der Waals surface area (Å²) < 4.78 is 45.4. The summed E-state index contributed by atoms with van der Waals surface area (Å²) in [5, 5.41) is 1.58. The smallest absolute Gasteiger partial charge is 0.391 e. The van der Waals surface area contributed by atoms with Crippen LogP contribution >= 0.6 is 10.0 Å². The number of rotatable bonds is 4. The molecular formula is C24H43F3O2SY. The molecule has 9 atom stereocenters. The summed E-state index contributed by atoms with van der Waals surface area (Å²) in [7, 11) is 1.06. The third-order valence-corrected chi connectivity index (χ3v) is 15.2. The molecule has 0 aromatic carbocycles. The van der Waals surface area contributed by atoms with Crippen LogP contribution in [0.1, 0.15) is 71.6 Å². The van der Waals surface area contributed by atoms with Crippen LogP contribution in [0.25, 0.3) is 0 Å². The van der Waals surface area contributed by atoms with Gasteiger partial charge in [0.2, 0.25) is 0 Å². The summed E-state index contributed by atoms with van der Waals surface area (Å²) in [6.07, 6.45) is 7.79. The van der Waals surface area contributed by atoms with Gasteiger partial charge in [-0.1, -0.05) is 13.8 Å². The first-order valence-corrected chi connectivity index (χ1v) is 14.2. The normalized spacial score (nSPS) is 47.5. The van der Waals surface area contributed by atoms with E-state index in [1.807, 2.05) is 0 Å². The molecule has 4 fully saturated rings. The van der Waals surface area contributed by atoms with Crippen LogP contribution in [0.5, 0.6) is 0 Å². The summed E-state index contributed by atoms with van der Waals surface area (Å²) in [4.78, 5) is 0. The Labute approximate surface area is 214 Å². The Morgan fingerprint density at radius 1 is 1.10 bits per heavy atom. The largest absolute Gasteiger partial charge is 0.412 e. The number of hydrogen-bond acceptors (Lipinski definition) is 1. The number of ether oxygens (including phenoxy) is 1. The van der Waals surface area contributed by atoms with E-state index in [0.717, 1.165) is 42.3 Å². The van der Waals surface area contributed by atoms with E-state index in [4.69, 9.17) is 4.74 Å². The number of alkyl halides is 3. The molecular weight excluding hydrogens is 498 g/mol. The molecule has 31 heavy (non-hydrogen) atoms. The standard InChI is InChI=1S/C24H41F3OS.H2O.Y/c1-16(10-13-28-3)20-7-8-22-23(20,2)12-9-21-19-6-5-18(24(25,26)27)15-17(19)11-14-29(21,22)4;;/h16-22H,5-15H2,1-4H3;1H2;/t16-,17?,18?,19?,20?,21?,22?,23?;;/m1../s1. The van der Waals surface area contributed by atoms with Crippen LogP contribution in [0.3, 0.4) is 0 Å². The number of fused-ring (bicyclic) bond motifs is 5. The van der Waals surface area contributed by atoms with Crippen molar-refractivity contribution in [3.63, 3.8) is 0 Å². The fraction of sp³-hybridized carbons (Fsp3) is 1.00. The third kappa shape index (κ3) is 4.95. The Balaban J connectivity index is 0.00000171. The molecule has 2 saturated heterocycles. The van der Waals surface area contributed by atoms with Crippen molar-refractivity contribution in [2.75, 3.05) is 25.7 Å². The number of methoxy groups -OCH3 is 1. The summed E-state index contributed by atoms with van der Waals surface area (Å²) >= 11 is 0. The molecule has 7 heteroatoms. The first kappa shape index (κ1) is 28.4. The summed E-state index contributed by atoms with van der Waals surface area (Å²) in [5.74, 6) is 2.63. The van der Waals surface area contributed by atoms with E-state index in [1.54, 1.807) is 7.11 Å². The topological polar surface area (TPSA) is 40.7 Å². The molecule has 181 valence electrons. The van der Waals surface area contributed by atoms with Gasteiger partial charge in [0.15, 0.2) is 0 Å². The van der Waals surface area contributed by atoms with Gasteiger partial charge in [0.05, 0.1) is 5.92 Å². The van der Waals surface area contributed by atoms with Gasteiger partial charge in [-0.3, -0.25) is 0 Å². The van der Waals surface area contributed by atoms with Crippen molar-refractivity contribution in [1.82, 2.24) is 0 Å². The molecule has 4 rings (SSSR count). The van der Waals surface area contributed by atoms with Crippen LogP contribution in [0.15, 0.2) is 0 Å². The molecule has 0 aromatic heterocycles. The molecule has 4 aliphatic rings. The zero-order valence-electron chi connectivity index (χ0n) is 19.8. The zero-order valence-corrected chi connectivity index (χ0v) is 23.5. The molecule has 2 aliphatic heterocycles. The Bertz CT molecular complexity index is 606. The van der Waals surface area contributed by atoms with Gasteiger partial charge in [0.1, 0.15) is 0 Å². The average molecular weight is 542 g/mol. The predicted molar refractivity (Wildman–Crippen MR) is 120 cm³/mol. The molecule has 2 aliphatic carbocycles. The second-order valence-corrected chi connectivity index (χ2v) is 15.3. The van der Waals surface area contributed by atoms with E-state index in [-0.39, 0.29) is 38.2 Å². The first-order chi connectivity index (χ1) is 13.6. The maximum absolute atomic E-state index is 13.3. The van der Waals surface area contributed by atoms with Gasteiger partial charge in [0, 0.05) is 46.4 Å². The van der Waals surface area contributed by atoms with Gasteiger partial charge in [-0.15, -0.1) is 0 Å². The van der Waals surface area contributed by atoms with E-state index in [1.165, 1.54) is 31.4 Å².